The van der Waals surface area contributed by atoms with Crippen LogP contribution in [0.15, 0.2) is 29.1 Å². The summed E-state index contributed by atoms with van der Waals surface area (Å²) in [7, 11) is 1.53. The normalized spacial score (nSPS) is 23.0. The molecule has 2 aliphatic rings. The number of benzene rings is 1. The third kappa shape index (κ3) is 4.35. The zero-order valence-electron chi connectivity index (χ0n) is 18.0. The first-order chi connectivity index (χ1) is 14.2. The molecule has 0 amide bonds. The molecule has 1 saturated carbocycles. The largest absolute Gasteiger partial charge is 0.477 e. The highest BCUT2D eigenvalue weighted by atomic mass is 16.5. The quantitative estimate of drug-likeness (QED) is 0.717. The van der Waals surface area contributed by atoms with Gasteiger partial charge in [-0.3, -0.25) is 14.3 Å². The maximum Gasteiger partial charge on any atom is 0.314 e. The number of ether oxygens (including phenoxy) is 1. The molecule has 2 heterocycles. The van der Waals surface area contributed by atoms with Crippen molar-refractivity contribution in [2.75, 3.05) is 13.7 Å². The van der Waals surface area contributed by atoms with Crippen molar-refractivity contribution in [3.05, 3.63) is 34.6 Å². The van der Waals surface area contributed by atoms with Crippen LogP contribution in [0.4, 0.5) is 0 Å². The Morgan fingerprint density at radius 1 is 1.07 bits per heavy atom. The molecule has 29 heavy (non-hydrogen) atoms. The Morgan fingerprint density at radius 2 is 1.79 bits per heavy atom. The van der Waals surface area contributed by atoms with Gasteiger partial charge in [-0.2, -0.15) is 0 Å². The van der Waals surface area contributed by atoms with Crippen molar-refractivity contribution < 1.29 is 4.74 Å². The van der Waals surface area contributed by atoms with Gasteiger partial charge < -0.3 is 4.74 Å². The fourth-order valence-corrected chi connectivity index (χ4v) is 5.56. The summed E-state index contributed by atoms with van der Waals surface area (Å²) in [6, 6.07) is 9.31. The lowest BCUT2D eigenvalue weighted by atomic mass is 9.94. The lowest BCUT2D eigenvalue weighted by molar-refractivity contribution is 0.136. The predicted molar refractivity (Wildman–Crippen MR) is 118 cm³/mol. The lowest BCUT2D eigenvalue weighted by Crippen LogP contribution is -2.41. The van der Waals surface area contributed by atoms with Crippen LogP contribution in [0.5, 0.6) is 5.88 Å². The Bertz CT molecular complexity index is 870. The van der Waals surface area contributed by atoms with Crippen molar-refractivity contribution in [3.8, 4) is 5.88 Å². The van der Waals surface area contributed by atoms with E-state index in [1.54, 1.807) is 0 Å². The fraction of sp³-hybridized carbons (Fsp3) is 0.667. The topological polar surface area (TPSA) is 47.4 Å². The average Bonchev–Trinajstić information content (AvgIpc) is 3.15. The molecule has 2 fully saturated rings. The minimum absolute atomic E-state index is 0.114. The van der Waals surface area contributed by atoms with Crippen molar-refractivity contribution in [1.29, 1.82) is 0 Å². The van der Waals surface area contributed by atoms with Crippen LogP contribution in [-0.4, -0.2) is 40.2 Å². The minimum Gasteiger partial charge on any atom is -0.477 e. The molecule has 0 spiro atoms. The minimum atomic E-state index is -0.116. The first-order valence-electron chi connectivity index (χ1n) is 11.5. The van der Waals surface area contributed by atoms with E-state index in [0.29, 0.717) is 6.04 Å². The van der Waals surface area contributed by atoms with Crippen LogP contribution in [0, 0.1) is 0 Å². The maximum absolute atomic E-state index is 13.1. The molecule has 1 aliphatic heterocycles. The summed E-state index contributed by atoms with van der Waals surface area (Å²) in [6.07, 6.45) is 13.2. The fourth-order valence-electron chi connectivity index (χ4n) is 5.56. The number of hydrogen-bond donors (Lipinski definition) is 0. The van der Waals surface area contributed by atoms with Crippen molar-refractivity contribution in [1.82, 2.24) is 14.5 Å². The second-order valence-corrected chi connectivity index (χ2v) is 8.90. The number of rotatable bonds is 5. The highest BCUT2D eigenvalue weighted by Gasteiger charge is 2.32. The van der Waals surface area contributed by atoms with Crippen LogP contribution in [0.2, 0.25) is 0 Å². The third-order valence-electron chi connectivity index (χ3n) is 6.98. The van der Waals surface area contributed by atoms with Crippen LogP contribution < -0.4 is 10.3 Å². The molecule has 1 aromatic carbocycles. The number of nitrogens with zero attached hydrogens (tertiary/aromatic N) is 3. The first-order valence-corrected chi connectivity index (χ1v) is 11.5. The molecule has 0 unspecified atom stereocenters. The summed E-state index contributed by atoms with van der Waals surface area (Å²) in [5, 5.41) is 0. The smallest absolute Gasteiger partial charge is 0.314 e. The molecule has 1 aliphatic carbocycles. The van der Waals surface area contributed by atoms with Gasteiger partial charge in [-0.05, 0) is 57.7 Å². The molecule has 2 atom stereocenters. The Balaban J connectivity index is 1.58. The molecule has 0 bridgehead atoms. The third-order valence-corrected chi connectivity index (χ3v) is 6.98. The van der Waals surface area contributed by atoms with Gasteiger partial charge in [-0.1, -0.05) is 44.2 Å². The van der Waals surface area contributed by atoms with Crippen LogP contribution in [-0.2, 0) is 0 Å². The summed E-state index contributed by atoms with van der Waals surface area (Å²) in [6.45, 7) is 3.40. The molecule has 4 rings (SSSR count). The summed E-state index contributed by atoms with van der Waals surface area (Å²) >= 11 is 0. The standard InChI is InChI=1S/C24H35N3O2/c1-18(27-22-15-9-8-14-21(22)25-23(29-2)24(27)28)17-20-13-10-16-26(20)19-11-6-4-3-5-7-12-19/h8-9,14-15,18-20H,3-7,10-13,16-17H2,1-2H3/t18-,20-/m0/s1. The summed E-state index contributed by atoms with van der Waals surface area (Å²) in [5.74, 6) is 0.193. The molecular weight excluding hydrogens is 362 g/mol. The number of hydrogen-bond acceptors (Lipinski definition) is 4. The SMILES string of the molecule is COc1nc2ccccc2n([C@@H](C)C[C@@H]2CCCN2C2CCCCCCC2)c1=O. The van der Waals surface area contributed by atoms with Gasteiger partial charge in [0.05, 0.1) is 18.1 Å². The monoisotopic (exact) mass is 397 g/mol. The van der Waals surface area contributed by atoms with Gasteiger partial charge in [0.25, 0.3) is 5.88 Å². The molecule has 5 nitrogen and oxygen atoms in total. The van der Waals surface area contributed by atoms with E-state index in [1.807, 2.05) is 28.8 Å². The van der Waals surface area contributed by atoms with Gasteiger partial charge in [-0.15, -0.1) is 0 Å². The van der Waals surface area contributed by atoms with Crippen molar-refractivity contribution in [3.63, 3.8) is 0 Å². The van der Waals surface area contributed by atoms with Gasteiger partial charge in [0.1, 0.15) is 0 Å². The molecule has 5 heteroatoms. The zero-order chi connectivity index (χ0) is 20.2. The Morgan fingerprint density at radius 3 is 2.55 bits per heavy atom. The van der Waals surface area contributed by atoms with Gasteiger partial charge >= 0.3 is 5.56 Å². The lowest BCUT2D eigenvalue weighted by Gasteiger charge is -2.36. The summed E-state index contributed by atoms with van der Waals surface area (Å²) in [5.41, 5.74) is 1.61. The van der Waals surface area contributed by atoms with E-state index in [4.69, 9.17) is 4.74 Å². The molecule has 158 valence electrons. The molecular formula is C24H35N3O2. The van der Waals surface area contributed by atoms with Crippen molar-refractivity contribution in [2.24, 2.45) is 0 Å². The Labute approximate surface area is 174 Å². The van der Waals surface area contributed by atoms with Gasteiger partial charge in [0.2, 0.25) is 0 Å². The van der Waals surface area contributed by atoms with E-state index in [1.165, 1.54) is 71.4 Å². The van der Waals surface area contributed by atoms with Gasteiger partial charge in [0, 0.05) is 18.1 Å². The van der Waals surface area contributed by atoms with E-state index in [0.717, 1.165) is 23.5 Å². The molecule has 0 radical (unpaired) electrons. The molecule has 0 N–H and O–H groups in total. The number of para-hydroxylation sites is 2. The highest BCUT2D eigenvalue weighted by molar-refractivity contribution is 5.75. The Hall–Kier alpha value is -1.88. The maximum atomic E-state index is 13.1. The first kappa shape index (κ1) is 20.4. The molecule has 1 saturated heterocycles. The molecule has 1 aromatic heterocycles. The van der Waals surface area contributed by atoms with Crippen LogP contribution in [0.3, 0.4) is 0 Å². The number of aromatic nitrogens is 2. The summed E-state index contributed by atoms with van der Waals surface area (Å²) in [4.78, 5) is 20.3. The number of likely N-dealkylation sites (tertiary alicyclic amines) is 1. The second-order valence-electron chi connectivity index (χ2n) is 8.90. The van der Waals surface area contributed by atoms with Crippen molar-refractivity contribution in [2.45, 2.75) is 89.3 Å². The van der Waals surface area contributed by atoms with E-state index in [2.05, 4.69) is 16.8 Å². The zero-order valence-corrected chi connectivity index (χ0v) is 18.0. The Kier molecular flexibility index (Phi) is 6.53. The number of fused-ring (bicyclic) bond motifs is 1. The van der Waals surface area contributed by atoms with Crippen molar-refractivity contribution >= 4 is 11.0 Å². The summed E-state index contributed by atoms with van der Waals surface area (Å²) < 4.78 is 7.21. The predicted octanol–water partition coefficient (Wildman–Crippen LogP) is 4.93. The second kappa shape index (κ2) is 9.29. The van der Waals surface area contributed by atoms with E-state index in [-0.39, 0.29) is 17.5 Å². The van der Waals surface area contributed by atoms with E-state index in [9.17, 15) is 4.79 Å². The van der Waals surface area contributed by atoms with Crippen LogP contribution >= 0.6 is 0 Å². The number of methoxy groups -OCH3 is 1. The molecule has 2 aromatic rings. The van der Waals surface area contributed by atoms with Crippen LogP contribution in [0.1, 0.15) is 77.2 Å². The van der Waals surface area contributed by atoms with E-state index < -0.39 is 0 Å². The van der Waals surface area contributed by atoms with Gasteiger partial charge in [0.15, 0.2) is 0 Å². The van der Waals surface area contributed by atoms with Gasteiger partial charge in [-0.25, -0.2) is 4.98 Å². The average molecular weight is 398 g/mol. The van der Waals surface area contributed by atoms with Crippen LogP contribution in [0.25, 0.3) is 11.0 Å². The highest BCUT2D eigenvalue weighted by Crippen LogP contribution is 2.32. The van der Waals surface area contributed by atoms with E-state index >= 15 is 0 Å².